The minimum Gasteiger partial charge on any atom is -0.384 e. The molecule has 1 aromatic rings. The molecule has 1 aromatic heterocycles. The Labute approximate surface area is 108 Å². The molecule has 1 unspecified atom stereocenters. The molecule has 2 rings (SSSR count). The molecule has 18 heavy (non-hydrogen) atoms. The third kappa shape index (κ3) is 2.53. The molecular formula is C12H21N3O2S. The summed E-state index contributed by atoms with van der Waals surface area (Å²) in [5.41, 5.74) is 8.07. The zero-order valence-electron chi connectivity index (χ0n) is 11.0. The molecule has 1 aliphatic heterocycles. The fraction of sp³-hybridized carbons (Fsp3) is 0.750. The largest absolute Gasteiger partial charge is 0.384 e. The fourth-order valence-corrected chi connectivity index (χ4v) is 4.10. The Hall–Kier alpha value is -1.04. The van der Waals surface area contributed by atoms with Crippen molar-refractivity contribution in [3.8, 4) is 0 Å². The molecule has 0 aliphatic carbocycles. The van der Waals surface area contributed by atoms with E-state index in [0.29, 0.717) is 12.2 Å². The minimum atomic E-state index is -2.90. The van der Waals surface area contributed by atoms with Crippen molar-refractivity contribution in [3.05, 3.63) is 11.3 Å². The molecular weight excluding hydrogens is 250 g/mol. The number of aromatic nitrogens is 2. The summed E-state index contributed by atoms with van der Waals surface area (Å²) in [4.78, 5) is 0. The first-order chi connectivity index (χ1) is 8.44. The van der Waals surface area contributed by atoms with E-state index in [1.54, 1.807) is 4.68 Å². The van der Waals surface area contributed by atoms with E-state index in [1.807, 2.05) is 6.92 Å². The van der Waals surface area contributed by atoms with Crippen LogP contribution in [0.5, 0.6) is 0 Å². The van der Waals surface area contributed by atoms with Gasteiger partial charge in [-0.1, -0.05) is 13.3 Å². The lowest BCUT2D eigenvalue weighted by Crippen LogP contribution is -2.15. The van der Waals surface area contributed by atoms with Crippen molar-refractivity contribution in [3.63, 3.8) is 0 Å². The van der Waals surface area contributed by atoms with Gasteiger partial charge in [0.2, 0.25) is 0 Å². The number of anilines is 1. The van der Waals surface area contributed by atoms with Gasteiger partial charge >= 0.3 is 0 Å². The number of sulfone groups is 1. The van der Waals surface area contributed by atoms with Crippen LogP contribution in [0, 0.1) is 6.92 Å². The summed E-state index contributed by atoms with van der Waals surface area (Å²) in [5.74, 6) is 1.05. The van der Waals surface area contributed by atoms with Crippen LogP contribution in [-0.2, 0) is 16.3 Å². The van der Waals surface area contributed by atoms with Gasteiger partial charge in [0.1, 0.15) is 5.82 Å². The summed E-state index contributed by atoms with van der Waals surface area (Å²) in [5, 5.41) is 4.52. The van der Waals surface area contributed by atoms with E-state index < -0.39 is 9.84 Å². The molecule has 1 atom stereocenters. The zero-order chi connectivity index (χ0) is 13.3. The van der Waals surface area contributed by atoms with Crippen LogP contribution in [0.2, 0.25) is 0 Å². The third-order valence-corrected chi connectivity index (χ3v) is 5.36. The van der Waals surface area contributed by atoms with Crippen LogP contribution in [0.3, 0.4) is 0 Å². The second-order valence-electron chi connectivity index (χ2n) is 5.06. The van der Waals surface area contributed by atoms with Crippen LogP contribution in [0.4, 0.5) is 5.82 Å². The lowest BCUT2D eigenvalue weighted by atomic mass is 10.1. The normalized spacial score (nSPS) is 22.4. The van der Waals surface area contributed by atoms with Crippen molar-refractivity contribution in [2.75, 3.05) is 17.2 Å². The monoisotopic (exact) mass is 271 g/mol. The molecule has 2 heterocycles. The molecule has 0 radical (unpaired) electrons. The zero-order valence-corrected chi connectivity index (χ0v) is 11.8. The highest BCUT2D eigenvalue weighted by Crippen LogP contribution is 2.28. The van der Waals surface area contributed by atoms with Crippen LogP contribution >= 0.6 is 0 Å². The van der Waals surface area contributed by atoms with Gasteiger partial charge in [-0.15, -0.1) is 0 Å². The molecule has 1 fully saturated rings. The van der Waals surface area contributed by atoms with Crippen LogP contribution in [0.15, 0.2) is 0 Å². The van der Waals surface area contributed by atoms with Crippen molar-refractivity contribution in [1.29, 1.82) is 0 Å². The van der Waals surface area contributed by atoms with Gasteiger partial charge in [-0.2, -0.15) is 5.10 Å². The predicted octanol–water partition coefficient (Wildman–Crippen LogP) is 1.48. The quantitative estimate of drug-likeness (QED) is 0.899. The number of nitrogens with two attached hydrogens (primary N) is 1. The SMILES string of the molecule is CCCCc1nn(C2CCS(=O)(=O)C2)c(N)c1C. The molecule has 102 valence electrons. The average molecular weight is 271 g/mol. The molecule has 1 saturated heterocycles. The van der Waals surface area contributed by atoms with Gasteiger partial charge in [0.05, 0.1) is 23.2 Å². The third-order valence-electron chi connectivity index (χ3n) is 3.61. The Morgan fingerprint density at radius 3 is 2.78 bits per heavy atom. The topological polar surface area (TPSA) is 78.0 Å². The number of unbranched alkanes of at least 4 members (excludes halogenated alkanes) is 1. The highest BCUT2D eigenvalue weighted by molar-refractivity contribution is 7.91. The van der Waals surface area contributed by atoms with Crippen molar-refractivity contribution < 1.29 is 8.42 Å². The number of hydrogen-bond donors (Lipinski definition) is 1. The smallest absolute Gasteiger partial charge is 0.152 e. The first-order valence-corrected chi connectivity index (χ1v) is 8.30. The summed E-state index contributed by atoms with van der Waals surface area (Å²) >= 11 is 0. The van der Waals surface area contributed by atoms with Crippen LogP contribution in [0.1, 0.15) is 43.5 Å². The van der Waals surface area contributed by atoms with Gasteiger partial charge < -0.3 is 5.73 Å². The minimum absolute atomic E-state index is 0.0796. The average Bonchev–Trinajstić information content (AvgIpc) is 2.80. The second kappa shape index (κ2) is 4.91. The molecule has 0 bridgehead atoms. The number of nitrogen functional groups attached to an aromatic ring is 1. The standard InChI is InChI=1S/C12H21N3O2S/c1-3-4-5-11-9(2)12(13)15(14-11)10-6-7-18(16,17)8-10/h10H,3-8,13H2,1-2H3. The summed E-state index contributed by atoms with van der Waals surface area (Å²) in [6.45, 7) is 4.10. The first-order valence-electron chi connectivity index (χ1n) is 6.48. The maximum atomic E-state index is 11.5. The van der Waals surface area contributed by atoms with E-state index in [2.05, 4.69) is 12.0 Å². The highest BCUT2D eigenvalue weighted by atomic mass is 32.2. The van der Waals surface area contributed by atoms with Gasteiger partial charge in [-0.25, -0.2) is 13.1 Å². The molecule has 6 heteroatoms. The molecule has 0 aromatic carbocycles. The first kappa shape index (κ1) is 13.4. The molecule has 0 amide bonds. The molecule has 2 N–H and O–H groups in total. The van der Waals surface area contributed by atoms with Crippen molar-refractivity contribution in [2.45, 2.75) is 45.6 Å². The molecule has 0 saturated carbocycles. The second-order valence-corrected chi connectivity index (χ2v) is 7.29. The van der Waals surface area contributed by atoms with Gasteiger partial charge in [-0.3, -0.25) is 0 Å². The highest BCUT2D eigenvalue weighted by Gasteiger charge is 2.31. The maximum Gasteiger partial charge on any atom is 0.152 e. The van der Waals surface area contributed by atoms with Gasteiger partial charge in [0.25, 0.3) is 0 Å². The Kier molecular flexibility index (Phi) is 3.66. The van der Waals surface area contributed by atoms with Crippen molar-refractivity contribution in [2.24, 2.45) is 0 Å². The Morgan fingerprint density at radius 1 is 1.50 bits per heavy atom. The lowest BCUT2D eigenvalue weighted by Gasteiger charge is -2.10. The maximum absolute atomic E-state index is 11.5. The van der Waals surface area contributed by atoms with Crippen molar-refractivity contribution in [1.82, 2.24) is 9.78 Å². The summed E-state index contributed by atoms with van der Waals surface area (Å²) < 4.78 is 24.7. The van der Waals surface area contributed by atoms with E-state index in [1.165, 1.54) is 0 Å². The number of nitrogens with zero attached hydrogens (tertiary/aromatic N) is 2. The van der Waals surface area contributed by atoms with Gasteiger partial charge in [-0.05, 0) is 26.2 Å². The summed E-state index contributed by atoms with van der Waals surface area (Å²) in [7, 11) is -2.90. The summed E-state index contributed by atoms with van der Waals surface area (Å²) in [6, 6.07) is -0.0796. The number of hydrogen-bond acceptors (Lipinski definition) is 4. The van der Waals surface area contributed by atoms with Gasteiger partial charge in [0.15, 0.2) is 9.84 Å². The Morgan fingerprint density at radius 2 is 2.22 bits per heavy atom. The molecule has 1 aliphatic rings. The predicted molar refractivity (Wildman–Crippen MR) is 72.3 cm³/mol. The number of aryl methyl sites for hydroxylation is 1. The lowest BCUT2D eigenvalue weighted by molar-refractivity contribution is 0.500. The molecule has 5 nitrogen and oxygen atoms in total. The summed E-state index contributed by atoms with van der Waals surface area (Å²) in [6.07, 6.45) is 3.74. The van der Waals surface area contributed by atoms with Crippen molar-refractivity contribution >= 4 is 15.7 Å². The van der Waals surface area contributed by atoms with Crippen LogP contribution in [-0.4, -0.2) is 29.7 Å². The number of rotatable bonds is 4. The van der Waals surface area contributed by atoms with E-state index in [4.69, 9.17) is 5.73 Å². The van der Waals surface area contributed by atoms with Gasteiger partial charge in [0, 0.05) is 5.56 Å². The van der Waals surface area contributed by atoms with Crippen LogP contribution in [0.25, 0.3) is 0 Å². The van der Waals surface area contributed by atoms with E-state index in [9.17, 15) is 8.42 Å². The molecule has 0 spiro atoms. The van der Waals surface area contributed by atoms with E-state index in [-0.39, 0.29) is 17.5 Å². The fourth-order valence-electron chi connectivity index (χ4n) is 2.41. The van der Waals surface area contributed by atoms with E-state index >= 15 is 0 Å². The Balaban J connectivity index is 2.24. The Bertz CT molecular complexity index is 534. The van der Waals surface area contributed by atoms with E-state index in [0.717, 1.165) is 30.5 Å². The van der Waals surface area contributed by atoms with Crippen LogP contribution < -0.4 is 5.73 Å².